The second-order valence-corrected chi connectivity index (χ2v) is 5.18. The molecule has 0 rings (SSSR count). The molecule has 0 heterocycles. The van der Waals surface area contributed by atoms with Crippen molar-refractivity contribution >= 4 is 23.7 Å². The van der Waals surface area contributed by atoms with Gasteiger partial charge in [0, 0.05) is 6.42 Å². The highest BCUT2D eigenvalue weighted by atomic mass is 16.6. The highest BCUT2D eigenvalue weighted by Gasteiger charge is 2.17. The molecule has 0 spiro atoms. The average molecular weight is 288 g/mol. The van der Waals surface area contributed by atoms with E-state index in [1.54, 1.807) is 20.8 Å². The van der Waals surface area contributed by atoms with Crippen LogP contribution in [0.15, 0.2) is 0 Å². The van der Waals surface area contributed by atoms with Gasteiger partial charge in [-0.25, -0.2) is 0 Å². The summed E-state index contributed by atoms with van der Waals surface area (Å²) in [5.41, 5.74) is -0.617. The highest BCUT2D eigenvalue weighted by Crippen LogP contribution is 2.09. The lowest BCUT2D eigenvalue weighted by atomic mass is 10.2. The van der Waals surface area contributed by atoms with Crippen molar-refractivity contribution in [2.45, 2.75) is 52.1 Å². The largest absolute Gasteiger partial charge is 0.481 e. The van der Waals surface area contributed by atoms with Gasteiger partial charge in [0.1, 0.15) is 12.2 Å². The maximum absolute atomic E-state index is 11.3. The number of esters is 2. The van der Waals surface area contributed by atoms with Crippen molar-refractivity contribution in [3.8, 4) is 0 Å². The van der Waals surface area contributed by atoms with Gasteiger partial charge in [0.25, 0.3) is 0 Å². The molecule has 0 radical (unpaired) electrons. The summed E-state index contributed by atoms with van der Waals surface area (Å²) in [4.78, 5) is 43.9. The van der Waals surface area contributed by atoms with Gasteiger partial charge in [0.2, 0.25) is 0 Å². The molecule has 0 unspecified atom stereocenters. The van der Waals surface area contributed by atoms with Gasteiger partial charge >= 0.3 is 17.9 Å². The van der Waals surface area contributed by atoms with E-state index in [-0.39, 0.29) is 25.7 Å². The van der Waals surface area contributed by atoms with Crippen LogP contribution in [-0.4, -0.2) is 41.0 Å². The Morgan fingerprint density at radius 2 is 1.45 bits per heavy atom. The van der Waals surface area contributed by atoms with E-state index < -0.39 is 35.9 Å². The van der Waals surface area contributed by atoms with Gasteiger partial charge in [-0.05, 0) is 20.8 Å². The first-order chi connectivity index (χ1) is 9.10. The Labute approximate surface area is 117 Å². The third-order valence-electron chi connectivity index (χ3n) is 1.97. The first-order valence-corrected chi connectivity index (χ1v) is 6.21. The quantitative estimate of drug-likeness (QED) is 0.666. The van der Waals surface area contributed by atoms with Crippen molar-refractivity contribution < 1.29 is 33.8 Å². The fourth-order valence-electron chi connectivity index (χ4n) is 1.15. The predicted molar refractivity (Wildman–Crippen MR) is 67.9 cm³/mol. The minimum atomic E-state index is -1.09. The van der Waals surface area contributed by atoms with Crippen molar-refractivity contribution in [2.24, 2.45) is 0 Å². The minimum absolute atomic E-state index is 0.126. The summed E-state index contributed by atoms with van der Waals surface area (Å²) >= 11 is 0. The molecular formula is C13H20O7. The summed E-state index contributed by atoms with van der Waals surface area (Å²) in [6.07, 6.45) is -0.788. The molecule has 0 aliphatic carbocycles. The van der Waals surface area contributed by atoms with E-state index in [2.05, 4.69) is 4.74 Å². The van der Waals surface area contributed by atoms with Crippen LogP contribution in [0.5, 0.6) is 0 Å². The number of hydrogen-bond donors (Lipinski definition) is 1. The number of ketones is 1. The molecular weight excluding hydrogens is 268 g/mol. The Kier molecular flexibility index (Phi) is 7.49. The minimum Gasteiger partial charge on any atom is -0.481 e. The van der Waals surface area contributed by atoms with Crippen LogP contribution in [0.1, 0.15) is 46.5 Å². The summed E-state index contributed by atoms with van der Waals surface area (Å²) in [6.45, 7) is 4.67. The molecule has 1 N–H and O–H groups in total. The number of Topliss-reactive ketones (excluding diaryl/α,β-unsaturated/α-hetero) is 1. The number of ether oxygens (including phenoxy) is 2. The molecule has 0 saturated carbocycles. The Morgan fingerprint density at radius 1 is 0.900 bits per heavy atom. The summed E-state index contributed by atoms with van der Waals surface area (Å²) in [7, 11) is 0. The van der Waals surface area contributed by atoms with Gasteiger partial charge < -0.3 is 14.6 Å². The molecule has 20 heavy (non-hydrogen) atoms. The smallest absolute Gasteiger partial charge is 0.306 e. The molecule has 0 atom stereocenters. The third-order valence-corrected chi connectivity index (χ3v) is 1.97. The Balaban J connectivity index is 3.81. The molecule has 7 nitrogen and oxygen atoms in total. The second-order valence-electron chi connectivity index (χ2n) is 5.18. The number of carboxylic acid groups (broad SMARTS) is 1. The lowest BCUT2D eigenvalue weighted by Crippen LogP contribution is -2.24. The fourth-order valence-corrected chi connectivity index (χ4v) is 1.15. The van der Waals surface area contributed by atoms with Crippen LogP contribution < -0.4 is 0 Å². The van der Waals surface area contributed by atoms with E-state index in [9.17, 15) is 19.2 Å². The second kappa shape index (κ2) is 8.29. The SMILES string of the molecule is CC(C)(C)OC(=O)CCC(=O)OCC(=O)CCC(=O)O. The van der Waals surface area contributed by atoms with Crippen LogP contribution in [-0.2, 0) is 28.7 Å². The first kappa shape index (κ1) is 18.1. The van der Waals surface area contributed by atoms with Gasteiger partial charge in [0.15, 0.2) is 5.78 Å². The molecule has 0 aromatic rings. The van der Waals surface area contributed by atoms with Gasteiger partial charge in [-0.2, -0.15) is 0 Å². The summed E-state index contributed by atoms with van der Waals surface area (Å²) < 4.78 is 9.63. The van der Waals surface area contributed by atoms with E-state index in [1.165, 1.54) is 0 Å². The fraction of sp³-hybridized carbons (Fsp3) is 0.692. The molecule has 0 aromatic carbocycles. The zero-order valence-corrected chi connectivity index (χ0v) is 11.9. The number of carbonyl (C=O) groups is 4. The lowest BCUT2D eigenvalue weighted by Gasteiger charge is -2.19. The van der Waals surface area contributed by atoms with Gasteiger partial charge in [-0.1, -0.05) is 0 Å². The number of hydrogen-bond acceptors (Lipinski definition) is 6. The van der Waals surface area contributed by atoms with Crippen LogP contribution >= 0.6 is 0 Å². The van der Waals surface area contributed by atoms with Crippen LogP contribution in [0, 0.1) is 0 Å². The highest BCUT2D eigenvalue weighted by molar-refractivity contribution is 5.85. The van der Waals surface area contributed by atoms with E-state index >= 15 is 0 Å². The topological polar surface area (TPSA) is 107 Å². The van der Waals surface area contributed by atoms with E-state index in [0.29, 0.717) is 0 Å². The normalized spacial score (nSPS) is 10.8. The Hall–Kier alpha value is -1.92. The van der Waals surface area contributed by atoms with E-state index in [4.69, 9.17) is 9.84 Å². The molecule has 0 aromatic heterocycles. The lowest BCUT2D eigenvalue weighted by molar-refractivity contribution is -0.158. The molecule has 7 heteroatoms. The maximum atomic E-state index is 11.3. The molecule has 0 aliphatic rings. The van der Waals surface area contributed by atoms with E-state index in [0.717, 1.165) is 0 Å². The van der Waals surface area contributed by atoms with Crippen LogP contribution in [0.4, 0.5) is 0 Å². The van der Waals surface area contributed by atoms with E-state index in [1.807, 2.05) is 0 Å². The van der Waals surface area contributed by atoms with Crippen molar-refractivity contribution in [3.05, 3.63) is 0 Å². The number of rotatable bonds is 8. The van der Waals surface area contributed by atoms with Gasteiger partial charge in [-0.3, -0.25) is 19.2 Å². The van der Waals surface area contributed by atoms with Gasteiger partial charge in [-0.15, -0.1) is 0 Å². The van der Waals surface area contributed by atoms with Crippen LogP contribution in [0.3, 0.4) is 0 Å². The molecule has 0 aliphatic heterocycles. The third kappa shape index (κ3) is 11.2. The van der Waals surface area contributed by atoms with Crippen molar-refractivity contribution in [2.75, 3.05) is 6.61 Å². The molecule has 0 bridgehead atoms. The average Bonchev–Trinajstić information content (AvgIpc) is 2.29. The standard InChI is InChI=1S/C13H20O7/c1-13(2,3)20-12(18)7-6-11(17)19-8-9(14)4-5-10(15)16/h4-8H2,1-3H3,(H,15,16). The monoisotopic (exact) mass is 288 g/mol. The Morgan fingerprint density at radius 3 is 1.95 bits per heavy atom. The summed E-state index contributed by atoms with van der Waals surface area (Å²) in [6, 6.07) is 0. The summed E-state index contributed by atoms with van der Waals surface area (Å²) in [5.74, 6) is -2.78. The molecule has 0 saturated heterocycles. The number of carbonyl (C=O) groups excluding carboxylic acids is 3. The first-order valence-electron chi connectivity index (χ1n) is 6.21. The van der Waals surface area contributed by atoms with Crippen molar-refractivity contribution in [1.29, 1.82) is 0 Å². The zero-order valence-electron chi connectivity index (χ0n) is 11.9. The number of carboxylic acids is 1. The predicted octanol–water partition coefficient (Wildman–Crippen LogP) is 1.09. The van der Waals surface area contributed by atoms with Gasteiger partial charge in [0.05, 0.1) is 19.3 Å². The molecule has 0 amide bonds. The van der Waals surface area contributed by atoms with Crippen LogP contribution in [0.25, 0.3) is 0 Å². The van der Waals surface area contributed by atoms with Crippen LogP contribution in [0.2, 0.25) is 0 Å². The molecule has 0 fully saturated rings. The van der Waals surface area contributed by atoms with Crippen molar-refractivity contribution in [3.63, 3.8) is 0 Å². The Bertz CT molecular complexity index is 379. The number of aliphatic carboxylic acids is 1. The maximum Gasteiger partial charge on any atom is 0.306 e. The van der Waals surface area contributed by atoms with Crippen molar-refractivity contribution in [1.82, 2.24) is 0 Å². The molecule has 114 valence electrons. The zero-order chi connectivity index (χ0) is 15.8. The summed E-state index contributed by atoms with van der Waals surface area (Å²) in [5, 5.41) is 8.37.